The number of hydrogen-bond acceptors (Lipinski definition) is 1. The van der Waals surface area contributed by atoms with Crippen molar-refractivity contribution < 1.29 is 0 Å². The highest BCUT2D eigenvalue weighted by molar-refractivity contribution is 6.13. The molecule has 58 heavy (non-hydrogen) atoms. The maximum atomic E-state index is 2.55. The van der Waals surface area contributed by atoms with E-state index in [9.17, 15) is 0 Å². The van der Waals surface area contributed by atoms with Gasteiger partial charge in [-0.15, -0.1) is 0 Å². The minimum Gasteiger partial charge on any atom is -0.311 e. The summed E-state index contributed by atoms with van der Waals surface area (Å²) in [5.74, 6) is 0. The van der Waals surface area contributed by atoms with Crippen LogP contribution in [-0.2, 0) is 10.8 Å². The van der Waals surface area contributed by atoms with Crippen molar-refractivity contribution >= 4 is 51.0 Å². The molecule has 9 aromatic rings. The smallest absolute Gasteiger partial charge is 0.0588 e. The van der Waals surface area contributed by atoms with Gasteiger partial charge in [0.25, 0.3) is 0 Å². The number of benzene rings is 8. The van der Waals surface area contributed by atoms with Crippen LogP contribution >= 0.6 is 0 Å². The quantitative estimate of drug-likeness (QED) is 0.154. The predicted octanol–water partition coefficient (Wildman–Crippen LogP) is 15.0. The van der Waals surface area contributed by atoms with Crippen LogP contribution in [-0.4, -0.2) is 4.57 Å². The van der Waals surface area contributed by atoms with Crippen molar-refractivity contribution in [2.75, 3.05) is 4.90 Å². The van der Waals surface area contributed by atoms with Gasteiger partial charge in [0, 0.05) is 44.4 Å². The molecule has 0 radical (unpaired) electrons. The first kappa shape index (κ1) is 34.4. The average molecular weight is 745 g/mol. The van der Waals surface area contributed by atoms with E-state index in [1.807, 2.05) is 0 Å². The number of fused-ring (bicyclic) bond motifs is 10. The number of hydrogen-bond donors (Lipinski definition) is 0. The number of aromatic nitrogens is 1. The minimum atomic E-state index is -0.166. The van der Waals surface area contributed by atoms with E-state index >= 15 is 0 Å². The van der Waals surface area contributed by atoms with Crippen LogP contribution in [0, 0.1) is 0 Å². The summed E-state index contributed by atoms with van der Waals surface area (Å²) in [5, 5.41) is 2.61. The lowest BCUT2D eigenvalue weighted by molar-refractivity contribution is 0.659. The van der Waals surface area contributed by atoms with E-state index in [-0.39, 0.29) is 10.8 Å². The highest BCUT2D eigenvalue weighted by Gasteiger charge is 2.39. The van der Waals surface area contributed by atoms with Gasteiger partial charge in [-0.1, -0.05) is 167 Å². The zero-order valence-electron chi connectivity index (χ0n) is 33.4. The van der Waals surface area contributed by atoms with Crippen LogP contribution in [0.1, 0.15) is 61.1 Å². The average Bonchev–Trinajstić information content (AvgIpc) is 3.80. The second kappa shape index (κ2) is 12.8. The third kappa shape index (κ3) is 5.11. The standard InChI is InChI=1S/C56H44N2/c1-55(2)50-35-38(24-23-37-25-28-41(29-26-37)57(39-15-7-5-8-16-39)40-17-9-6-10-18-40)27-31-44(50)45-32-30-42(36-51(45)55)58-52-22-14-12-20-46(52)48-34-33-47-43-19-11-13-21-49(43)56(3,4)53(47)54(48)58/h5-36H,1-4H3. The Morgan fingerprint density at radius 3 is 1.71 bits per heavy atom. The summed E-state index contributed by atoms with van der Waals surface area (Å²) in [6.07, 6.45) is 4.49. The van der Waals surface area contributed by atoms with E-state index in [0.717, 1.165) is 17.1 Å². The second-order valence-corrected chi connectivity index (χ2v) is 17.0. The SMILES string of the molecule is CC1(C)c2cc(C=Cc3ccc(N(c4ccccc4)c4ccccc4)cc3)ccc2-c2ccc(-n3c4ccccc4c4ccc5c(c43)C(C)(C)c3ccccc3-5)cc21. The van der Waals surface area contributed by atoms with E-state index in [4.69, 9.17) is 0 Å². The van der Waals surface area contributed by atoms with Crippen LogP contribution in [0.15, 0.2) is 182 Å². The van der Waals surface area contributed by atoms with Crippen molar-refractivity contribution in [3.05, 3.63) is 215 Å². The van der Waals surface area contributed by atoms with Crippen LogP contribution in [0.2, 0.25) is 0 Å². The highest BCUT2D eigenvalue weighted by atomic mass is 15.1. The van der Waals surface area contributed by atoms with Crippen LogP contribution in [0.4, 0.5) is 17.1 Å². The molecule has 0 N–H and O–H groups in total. The maximum absolute atomic E-state index is 2.55. The summed E-state index contributed by atoms with van der Waals surface area (Å²) in [5.41, 5.74) is 20.2. The van der Waals surface area contributed by atoms with Gasteiger partial charge in [-0.2, -0.15) is 0 Å². The van der Waals surface area contributed by atoms with Gasteiger partial charge < -0.3 is 9.47 Å². The second-order valence-electron chi connectivity index (χ2n) is 17.0. The van der Waals surface area contributed by atoms with E-state index in [0.29, 0.717) is 0 Å². The zero-order valence-corrected chi connectivity index (χ0v) is 33.4. The lowest BCUT2D eigenvalue weighted by atomic mass is 9.81. The first-order valence-electron chi connectivity index (χ1n) is 20.4. The van der Waals surface area contributed by atoms with Crippen molar-refractivity contribution in [2.24, 2.45) is 0 Å². The molecule has 2 nitrogen and oxygen atoms in total. The molecule has 278 valence electrons. The number of rotatable bonds is 6. The normalized spacial score (nSPS) is 14.4. The molecule has 1 aromatic heterocycles. The Morgan fingerprint density at radius 1 is 0.414 bits per heavy atom. The summed E-state index contributed by atoms with van der Waals surface area (Å²) in [7, 11) is 0. The summed E-state index contributed by atoms with van der Waals surface area (Å²) >= 11 is 0. The molecule has 0 spiro atoms. The fraction of sp³-hybridized carbons (Fsp3) is 0.107. The molecule has 2 aliphatic carbocycles. The molecular formula is C56H44N2. The van der Waals surface area contributed by atoms with E-state index < -0.39 is 0 Å². The van der Waals surface area contributed by atoms with Gasteiger partial charge >= 0.3 is 0 Å². The lowest BCUT2D eigenvalue weighted by Gasteiger charge is -2.25. The van der Waals surface area contributed by atoms with Gasteiger partial charge in [-0.05, 0) is 110 Å². The molecule has 2 heteroatoms. The molecule has 11 rings (SSSR count). The molecule has 0 fully saturated rings. The Hall–Kier alpha value is -6.90. The molecule has 1 heterocycles. The van der Waals surface area contributed by atoms with Crippen molar-refractivity contribution in [3.63, 3.8) is 0 Å². The third-order valence-electron chi connectivity index (χ3n) is 12.9. The molecule has 8 aromatic carbocycles. The molecule has 0 saturated heterocycles. The predicted molar refractivity (Wildman–Crippen MR) is 246 cm³/mol. The first-order chi connectivity index (χ1) is 28.3. The number of para-hydroxylation sites is 3. The Morgan fingerprint density at radius 2 is 0.966 bits per heavy atom. The van der Waals surface area contributed by atoms with Gasteiger partial charge in [0.1, 0.15) is 0 Å². The zero-order chi connectivity index (χ0) is 39.2. The monoisotopic (exact) mass is 744 g/mol. The van der Waals surface area contributed by atoms with Crippen molar-refractivity contribution in [3.8, 4) is 27.9 Å². The minimum absolute atomic E-state index is 0.125. The Kier molecular flexibility index (Phi) is 7.59. The van der Waals surface area contributed by atoms with E-state index in [2.05, 4.69) is 231 Å². The Balaban J connectivity index is 0.947. The Labute approximate surface area is 341 Å². The highest BCUT2D eigenvalue weighted by Crippen LogP contribution is 2.54. The van der Waals surface area contributed by atoms with Crippen molar-refractivity contribution in [1.29, 1.82) is 0 Å². The van der Waals surface area contributed by atoms with Crippen LogP contribution in [0.5, 0.6) is 0 Å². The van der Waals surface area contributed by atoms with Crippen molar-refractivity contribution in [2.45, 2.75) is 38.5 Å². The lowest BCUT2D eigenvalue weighted by Crippen LogP contribution is -2.17. The molecule has 0 aliphatic heterocycles. The molecule has 0 bridgehead atoms. The van der Waals surface area contributed by atoms with Gasteiger partial charge in [-0.3, -0.25) is 0 Å². The Bertz CT molecular complexity index is 3050. The summed E-state index contributed by atoms with van der Waals surface area (Å²) in [6.45, 7) is 9.58. The summed E-state index contributed by atoms with van der Waals surface area (Å²) < 4.78 is 2.55. The largest absolute Gasteiger partial charge is 0.311 e. The molecule has 0 saturated carbocycles. The number of nitrogens with zero attached hydrogens (tertiary/aromatic N) is 2. The fourth-order valence-corrected chi connectivity index (χ4v) is 10.1. The molecular weight excluding hydrogens is 701 g/mol. The van der Waals surface area contributed by atoms with Gasteiger partial charge in [-0.25, -0.2) is 0 Å². The molecule has 0 unspecified atom stereocenters. The topological polar surface area (TPSA) is 8.17 Å². The van der Waals surface area contributed by atoms with Crippen LogP contribution in [0.3, 0.4) is 0 Å². The van der Waals surface area contributed by atoms with E-state index in [1.165, 1.54) is 83.1 Å². The van der Waals surface area contributed by atoms with E-state index in [1.54, 1.807) is 0 Å². The molecule has 0 amide bonds. The third-order valence-corrected chi connectivity index (χ3v) is 12.9. The molecule has 0 atom stereocenters. The van der Waals surface area contributed by atoms with Gasteiger partial charge in [0.05, 0.1) is 11.0 Å². The maximum Gasteiger partial charge on any atom is 0.0588 e. The molecule has 2 aliphatic rings. The van der Waals surface area contributed by atoms with Gasteiger partial charge in [0.15, 0.2) is 0 Å². The van der Waals surface area contributed by atoms with Crippen LogP contribution < -0.4 is 4.90 Å². The number of anilines is 3. The summed E-state index contributed by atoms with van der Waals surface area (Å²) in [4.78, 5) is 2.30. The fourth-order valence-electron chi connectivity index (χ4n) is 10.1. The van der Waals surface area contributed by atoms with Crippen LogP contribution in [0.25, 0.3) is 61.9 Å². The first-order valence-corrected chi connectivity index (χ1v) is 20.4. The summed E-state index contributed by atoms with van der Waals surface area (Å²) in [6, 6.07) is 66.8. The van der Waals surface area contributed by atoms with Gasteiger partial charge in [0.2, 0.25) is 0 Å². The van der Waals surface area contributed by atoms with Crippen molar-refractivity contribution in [1.82, 2.24) is 4.57 Å².